The number of aliphatic hydroxyl groups excluding tert-OH is 1. The van der Waals surface area contributed by atoms with Crippen molar-refractivity contribution in [3.05, 3.63) is 71.6 Å². The van der Waals surface area contributed by atoms with Gasteiger partial charge in [0.15, 0.2) is 28.1 Å². The topological polar surface area (TPSA) is 323 Å². The van der Waals surface area contributed by atoms with E-state index in [9.17, 15) is 28.7 Å². The number of aromatic nitrogens is 8. The molecule has 6 heterocycles. The molecule has 5 aromatic rings. The number of imidazole rings is 2. The normalized spacial score (nSPS) is 23.7. The molecule has 24 nitrogen and oxygen atoms in total. The first kappa shape index (κ1) is 41.8. The maximum Gasteiger partial charge on any atom is 0.475 e. The number of hydrogen-bond donors (Lipinski definition) is 4. The first-order chi connectivity index (χ1) is 28.5. The number of fused-ring (bicyclic) bond motifs is 2. The van der Waals surface area contributed by atoms with Gasteiger partial charge in [0.05, 0.1) is 70.4 Å². The van der Waals surface area contributed by atoms with Crippen LogP contribution in [0.2, 0.25) is 0 Å². The van der Waals surface area contributed by atoms with Crippen LogP contribution in [-0.2, 0) is 41.2 Å². The molecule has 0 radical (unpaired) electrons. The Labute approximate surface area is 332 Å². The van der Waals surface area contributed by atoms with Crippen molar-refractivity contribution in [1.82, 2.24) is 39.0 Å². The molecule has 2 aliphatic rings. The highest BCUT2D eigenvalue weighted by Crippen LogP contribution is 2.55. The molecule has 2 aliphatic heterocycles. The van der Waals surface area contributed by atoms with Gasteiger partial charge in [0.2, 0.25) is 0 Å². The smallest absolute Gasteiger partial charge is 0.394 e. The number of nitrogens with one attached hydrogen (secondary N) is 2. The van der Waals surface area contributed by atoms with E-state index >= 15 is 0 Å². The average molecular weight is 856 g/mol. The number of nitrogens with zero attached hydrogens (tertiary/aromatic N) is 9. The Morgan fingerprint density at radius 2 is 1.53 bits per heavy atom. The van der Waals surface area contributed by atoms with Gasteiger partial charge in [-0.25, -0.2) is 34.0 Å². The van der Waals surface area contributed by atoms with Crippen molar-refractivity contribution in [3.8, 4) is 12.1 Å². The summed E-state index contributed by atoms with van der Waals surface area (Å²) in [6.07, 6.45) is -2.26. The Balaban J connectivity index is 1.11. The van der Waals surface area contributed by atoms with Crippen LogP contribution in [0.3, 0.4) is 0 Å². The molecule has 2 fully saturated rings. The first-order valence-electron chi connectivity index (χ1n) is 17.8. The van der Waals surface area contributed by atoms with Crippen LogP contribution >= 0.6 is 15.6 Å². The third-order valence-electron chi connectivity index (χ3n) is 9.01. The number of ether oxygens (including phenoxy) is 2. The number of carbonyl (C=O) groups is 1. The van der Waals surface area contributed by atoms with Crippen LogP contribution < -0.4 is 10.9 Å². The monoisotopic (exact) mass is 855 g/mol. The molecule has 1 aromatic carbocycles. The second-order valence-corrected chi connectivity index (χ2v) is 15.8. The van der Waals surface area contributed by atoms with E-state index in [1.54, 1.807) is 36.4 Å². The predicted molar refractivity (Wildman–Crippen MR) is 198 cm³/mol. The molecule has 4 aromatic heterocycles. The Hall–Kier alpha value is -5.33. The van der Waals surface area contributed by atoms with Crippen LogP contribution in [-0.4, -0.2) is 106 Å². The summed E-state index contributed by atoms with van der Waals surface area (Å²) in [4.78, 5) is 59.2. The van der Waals surface area contributed by atoms with Crippen molar-refractivity contribution in [2.24, 2.45) is 0 Å². The molecular weight excluding hydrogens is 820 g/mol. The lowest BCUT2D eigenvalue weighted by molar-refractivity contribution is -0.0579. The standard InChI is InChI=1S/C33H35N11O13P2/c34-8-4-10-51-58(48,49)56-22-13-26(43-18-40-27-29(36-16-37-30(27)43)42-32(46)20-6-2-1-3-7-20)55-24(22)15-53-59(50,52-11-5-9-35)57-21-12-25(54-23(21)14-45)44-19-41-28-31(44)38-17-39-33(28)47/h1-3,6-7,16-19,21-26,45H,4-5,10-15H2,(H,48,49)(H,38,39,47)(H,36,37,42,46)/t21-,22-,23?,24?,25?,26?,59?/m0/s1. The van der Waals surface area contributed by atoms with E-state index in [1.165, 1.54) is 34.4 Å². The fourth-order valence-electron chi connectivity index (χ4n) is 6.32. The summed E-state index contributed by atoms with van der Waals surface area (Å²) in [6.45, 7) is -2.07. The van der Waals surface area contributed by atoms with Gasteiger partial charge in [-0.15, -0.1) is 0 Å². The summed E-state index contributed by atoms with van der Waals surface area (Å²) in [5, 5.41) is 30.9. The van der Waals surface area contributed by atoms with E-state index in [-0.39, 0.29) is 53.8 Å². The number of carbonyl (C=O) groups excluding carboxylic acids is 1. The highest BCUT2D eigenvalue weighted by Gasteiger charge is 2.46. The van der Waals surface area contributed by atoms with Gasteiger partial charge in [-0.3, -0.25) is 41.3 Å². The molecule has 1 amide bonds. The highest BCUT2D eigenvalue weighted by atomic mass is 31.2. The van der Waals surface area contributed by atoms with Gasteiger partial charge in [-0.05, 0) is 12.1 Å². The number of aliphatic hydroxyl groups is 1. The quantitative estimate of drug-likeness (QED) is 0.0727. The molecule has 4 N–H and O–H groups in total. The van der Waals surface area contributed by atoms with Crippen molar-refractivity contribution in [1.29, 1.82) is 10.5 Å². The highest BCUT2D eigenvalue weighted by molar-refractivity contribution is 7.48. The first-order valence-corrected chi connectivity index (χ1v) is 20.8. The van der Waals surface area contributed by atoms with Crippen LogP contribution in [0.15, 0.2) is 60.4 Å². The van der Waals surface area contributed by atoms with Crippen molar-refractivity contribution < 1.29 is 56.0 Å². The van der Waals surface area contributed by atoms with Crippen LogP contribution in [0.25, 0.3) is 22.3 Å². The summed E-state index contributed by atoms with van der Waals surface area (Å²) in [7, 11) is -9.49. The SMILES string of the molecule is N#CCCOP(=O)(O)O[C@H]1CC(n2cnc3c(NC(=O)c4ccccc4)ncnc32)OC1COP(=O)(OCCC#N)O[C@H]1CC(n2cnc3c(=O)[nH]cnc32)OC1CO. The molecule has 26 heteroatoms. The Kier molecular flexibility index (Phi) is 13.0. The van der Waals surface area contributed by atoms with E-state index in [1.807, 2.05) is 6.07 Å². The number of aromatic amines is 1. The van der Waals surface area contributed by atoms with Crippen molar-refractivity contribution in [2.45, 2.75) is 62.6 Å². The third kappa shape index (κ3) is 9.60. The number of H-pyrrole nitrogens is 1. The molecule has 2 saturated heterocycles. The van der Waals surface area contributed by atoms with Crippen molar-refractivity contribution >= 4 is 49.7 Å². The van der Waals surface area contributed by atoms with Crippen LogP contribution in [0.5, 0.6) is 0 Å². The maximum absolute atomic E-state index is 14.3. The summed E-state index contributed by atoms with van der Waals surface area (Å²) in [5.74, 6) is -0.354. The number of amides is 1. The van der Waals surface area contributed by atoms with Gasteiger partial charge >= 0.3 is 15.6 Å². The van der Waals surface area contributed by atoms with Crippen LogP contribution in [0.4, 0.5) is 5.82 Å². The lowest BCUT2D eigenvalue weighted by atomic mass is 10.2. The Bertz CT molecular complexity index is 2520. The van der Waals surface area contributed by atoms with Gasteiger partial charge in [0.25, 0.3) is 11.5 Å². The number of nitriles is 2. The second kappa shape index (κ2) is 18.3. The van der Waals surface area contributed by atoms with Crippen LogP contribution in [0, 0.1) is 22.7 Å². The van der Waals surface area contributed by atoms with E-state index < -0.39 is 90.4 Å². The zero-order valence-electron chi connectivity index (χ0n) is 30.6. The van der Waals surface area contributed by atoms with Crippen molar-refractivity contribution in [2.75, 3.05) is 31.7 Å². The number of benzene rings is 1. The zero-order valence-corrected chi connectivity index (χ0v) is 32.4. The van der Waals surface area contributed by atoms with Crippen molar-refractivity contribution in [3.63, 3.8) is 0 Å². The lowest BCUT2D eigenvalue weighted by Crippen LogP contribution is -2.30. The minimum atomic E-state index is -4.82. The maximum atomic E-state index is 14.3. The molecule has 0 bridgehead atoms. The minimum Gasteiger partial charge on any atom is -0.394 e. The van der Waals surface area contributed by atoms with E-state index in [0.717, 1.165) is 0 Å². The molecule has 0 saturated carbocycles. The molecule has 59 heavy (non-hydrogen) atoms. The van der Waals surface area contributed by atoms with E-state index in [4.69, 9.17) is 42.6 Å². The molecule has 0 aliphatic carbocycles. The molecular formula is C33H35N11O13P2. The Morgan fingerprint density at radius 3 is 2.22 bits per heavy atom. The largest absolute Gasteiger partial charge is 0.475 e. The van der Waals surface area contributed by atoms with Gasteiger partial charge in [0, 0.05) is 18.4 Å². The molecule has 8 atom stereocenters. The van der Waals surface area contributed by atoms with Gasteiger partial charge in [0.1, 0.15) is 43.2 Å². The summed E-state index contributed by atoms with van der Waals surface area (Å²) < 4.78 is 69.9. The molecule has 7 rings (SSSR count). The Morgan fingerprint density at radius 1 is 0.881 bits per heavy atom. The summed E-state index contributed by atoms with van der Waals surface area (Å²) in [6, 6.07) is 12.1. The van der Waals surface area contributed by atoms with Gasteiger partial charge in [-0.1, -0.05) is 18.2 Å². The predicted octanol–water partition coefficient (Wildman–Crippen LogP) is 2.64. The third-order valence-corrected chi connectivity index (χ3v) is 11.6. The summed E-state index contributed by atoms with van der Waals surface area (Å²) in [5.41, 5.74) is 0.502. The minimum absolute atomic E-state index is 0.0378. The molecule has 310 valence electrons. The molecule has 0 spiro atoms. The number of phosphoric ester groups is 2. The van der Waals surface area contributed by atoms with E-state index in [0.29, 0.717) is 5.56 Å². The zero-order chi connectivity index (χ0) is 41.6. The van der Waals surface area contributed by atoms with Gasteiger partial charge < -0.3 is 29.8 Å². The second-order valence-electron chi connectivity index (χ2n) is 12.8. The van der Waals surface area contributed by atoms with E-state index in [2.05, 4.69) is 35.2 Å². The average Bonchev–Trinajstić information content (AvgIpc) is 4.03. The number of anilines is 1. The summed E-state index contributed by atoms with van der Waals surface area (Å²) >= 11 is 0. The number of phosphoric acid groups is 2. The van der Waals surface area contributed by atoms with Crippen LogP contribution in [0.1, 0.15) is 48.5 Å². The fourth-order valence-corrected chi connectivity index (χ4v) is 8.66. The number of rotatable bonds is 18. The molecule has 6 unspecified atom stereocenters. The van der Waals surface area contributed by atoms with Gasteiger partial charge in [-0.2, -0.15) is 10.5 Å². The fraction of sp³-hybridized carbons (Fsp3) is 0.424. The number of hydrogen-bond acceptors (Lipinski definition) is 19. The lowest BCUT2D eigenvalue weighted by Gasteiger charge is -2.26.